The first kappa shape index (κ1) is 30.2. The largest absolute Gasteiger partial charge is 0.497 e. The molecule has 0 aliphatic carbocycles. The van der Waals surface area contributed by atoms with E-state index in [9.17, 15) is 18.0 Å². The number of nitrogens with zero attached hydrogens (tertiary/aromatic N) is 2. The summed E-state index contributed by atoms with van der Waals surface area (Å²) < 4.78 is 34.8. The molecule has 0 radical (unpaired) electrons. The second kappa shape index (κ2) is 13.6. The second-order valence-corrected chi connectivity index (χ2v) is 12.3. The lowest BCUT2D eigenvalue weighted by Crippen LogP contribution is -2.51. The van der Waals surface area contributed by atoms with E-state index in [1.165, 1.54) is 24.1 Å². The number of nitrogens with one attached hydrogen (secondary N) is 1. The Labute approximate surface area is 239 Å². The van der Waals surface area contributed by atoms with Gasteiger partial charge in [0.1, 0.15) is 18.3 Å². The molecule has 0 unspecified atom stereocenters. The molecule has 0 aliphatic rings. The fraction of sp³-hybridized carbons (Fsp3) is 0.310. The van der Waals surface area contributed by atoms with Crippen molar-refractivity contribution < 1.29 is 22.7 Å². The number of carbonyl (C=O) groups is 2. The Morgan fingerprint density at radius 2 is 1.64 bits per heavy atom. The second-order valence-electron chi connectivity index (χ2n) is 9.49. The Bertz CT molecular complexity index is 1380. The van der Waals surface area contributed by atoms with Crippen LogP contribution in [0.4, 0.5) is 5.69 Å². The molecule has 0 saturated carbocycles. The average molecular weight is 617 g/mol. The first-order chi connectivity index (χ1) is 18.5. The van der Waals surface area contributed by atoms with E-state index in [1.807, 2.05) is 38.1 Å². The molecule has 0 heterocycles. The third-order valence-electron chi connectivity index (χ3n) is 6.05. The number of sulfonamides is 1. The molecule has 0 spiro atoms. The van der Waals surface area contributed by atoms with Gasteiger partial charge in [0.25, 0.3) is 10.0 Å². The molecule has 0 fully saturated rings. The van der Waals surface area contributed by atoms with Crippen LogP contribution in [0.5, 0.6) is 5.75 Å². The number of halogens is 1. The zero-order valence-electron chi connectivity index (χ0n) is 22.5. The van der Waals surface area contributed by atoms with Gasteiger partial charge in [-0.25, -0.2) is 8.42 Å². The Morgan fingerprint density at radius 1 is 0.949 bits per heavy atom. The van der Waals surface area contributed by atoms with E-state index < -0.39 is 28.5 Å². The standard InChI is InChI=1S/C29H34BrN3O5S/c1-21(2)18-31-29(35)22(3)32(19-23-10-8-11-24(30)16-23)28(34)20-33(25-12-9-13-26(17-25)38-4)39(36,37)27-14-6-5-7-15-27/h5-17,21-22H,18-20H2,1-4H3,(H,31,35)/t22-/m1/s1. The van der Waals surface area contributed by atoms with Crippen molar-refractivity contribution in [3.63, 3.8) is 0 Å². The summed E-state index contributed by atoms with van der Waals surface area (Å²) in [5.41, 5.74) is 1.06. The highest BCUT2D eigenvalue weighted by atomic mass is 79.9. The molecule has 3 aromatic rings. The molecule has 39 heavy (non-hydrogen) atoms. The molecular weight excluding hydrogens is 582 g/mol. The van der Waals surface area contributed by atoms with Crippen LogP contribution in [0.2, 0.25) is 0 Å². The van der Waals surface area contributed by atoms with Crippen molar-refractivity contribution in [3.8, 4) is 5.75 Å². The van der Waals surface area contributed by atoms with Gasteiger partial charge in [-0.15, -0.1) is 0 Å². The minimum absolute atomic E-state index is 0.0434. The van der Waals surface area contributed by atoms with Gasteiger partial charge in [0.15, 0.2) is 0 Å². The van der Waals surface area contributed by atoms with E-state index in [-0.39, 0.29) is 29.0 Å². The highest BCUT2D eigenvalue weighted by Gasteiger charge is 2.32. The third-order valence-corrected chi connectivity index (χ3v) is 8.33. The smallest absolute Gasteiger partial charge is 0.264 e. The number of benzene rings is 3. The summed E-state index contributed by atoms with van der Waals surface area (Å²) in [6.45, 7) is 5.67. The Hall–Kier alpha value is -3.37. The van der Waals surface area contributed by atoms with Gasteiger partial charge in [0.2, 0.25) is 11.8 Å². The van der Waals surface area contributed by atoms with Crippen molar-refractivity contribution in [3.05, 3.63) is 88.9 Å². The topological polar surface area (TPSA) is 96.0 Å². The lowest BCUT2D eigenvalue weighted by molar-refractivity contribution is -0.139. The molecule has 8 nitrogen and oxygen atoms in total. The normalized spacial score (nSPS) is 12.1. The molecule has 208 valence electrons. The van der Waals surface area contributed by atoms with E-state index in [0.717, 1.165) is 14.3 Å². The first-order valence-corrected chi connectivity index (χ1v) is 14.8. The van der Waals surface area contributed by atoms with Crippen LogP contribution in [0, 0.1) is 5.92 Å². The van der Waals surface area contributed by atoms with Crippen molar-refractivity contribution in [2.45, 2.75) is 38.3 Å². The van der Waals surface area contributed by atoms with E-state index >= 15 is 0 Å². The van der Waals surface area contributed by atoms with Crippen LogP contribution in [-0.2, 0) is 26.2 Å². The van der Waals surface area contributed by atoms with Gasteiger partial charge in [-0.05, 0) is 54.8 Å². The molecule has 1 atom stereocenters. The van der Waals surface area contributed by atoms with Crippen molar-refractivity contribution in [1.82, 2.24) is 10.2 Å². The predicted molar refractivity (Wildman–Crippen MR) is 156 cm³/mol. The number of rotatable bonds is 12. The summed E-state index contributed by atoms with van der Waals surface area (Å²) in [4.78, 5) is 28.4. The van der Waals surface area contributed by atoms with Gasteiger partial charge >= 0.3 is 0 Å². The summed E-state index contributed by atoms with van der Waals surface area (Å²) in [6.07, 6.45) is 0. The van der Waals surface area contributed by atoms with Gasteiger partial charge in [0, 0.05) is 23.6 Å². The average Bonchev–Trinajstić information content (AvgIpc) is 2.93. The monoisotopic (exact) mass is 615 g/mol. The zero-order chi connectivity index (χ0) is 28.6. The predicted octanol–water partition coefficient (Wildman–Crippen LogP) is 4.84. The van der Waals surface area contributed by atoms with Crippen molar-refractivity contribution >= 4 is 43.5 Å². The maximum atomic E-state index is 13.9. The summed E-state index contributed by atoms with van der Waals surface area (Å²) >= 11 is 3.45. The van der Waals surface area contributed by atoms with Crippen LogP contribution in [0.3, 0.4) is 0 Å². The SMILES string of the molecule is COc1cccc(N(CC(=O)N(Cc2cccc(Br)c2)[C@H](C)C(=O)NCC(C)C)S(=O)(=O)c2ccccc2)c1. The van der Waals surface area contributed by atoms with Crippen LogP contribution in [0.1, 0.15) is 26.3 Å². The number of amides is 2. The van der Waals surface area contributed by atoms with E-state index in [1.54, 1.807) is 49.4 Å². The maximum absolute atomic E-state index is 13.9. The molecular formula is C29H34BrN3O5S. The molecule has 3 rings (SSSR count). The third kappa shape index (κ3) is 8.06. The van der Waals surface area contributed by atoms with Gasteiger partial charge in [-0.1, -0.05) is 66.2 Å². The highest BCUT2D eigenvalue weighted by Crippen LogP contribution is 2.27. The number of methoxy groups -OCH3 is 1. The van der Waals surface area contributed by atoms with Gasteiger partial charge in [0.05, 0.1) is 17.7 Å². The Balaban J connectivity index is 2.02. The summed E-state index contributed by atoms with van der Waals surface area (Å²) in [7, 11) is -2.65. The molecule has 2 amide bonds. The fourth-order valence-corrected chi connectivity index (χ4v) is 5.75. The highest BCUT2D eigenvalue weighted by molar-refractivity contribution is 9.10. The van der Waals surface area contributed by atoms with Gasteiger partial charge < -0.3 is 15.0 Å². The molecule has 0 aliphatic heterocycles. The number of ether oxygens (including phenoxy) is 1. The van der Waals surface area contributed by atoms with Crippen molar-refractivity contribution in [2.75, 3.05) is 24.5 Å². The Kier molecular flexibility index (Phi) is 10.5. The summed E-state index contributed by atoms with van der Waals surface area (Å²) in [5, 5.41) is 2.88. The van der Waals surface area contributed by atoms with E-state index in [2.05, 4.69) is 21.2 Å². The van der Waals surface area contributed by atoms with Crippen LogP contribution in [-0.4, -0.2) is 51.4 Å². The van der Waals surface area contributed by atoms with Crippen molar-refractivity contribution in [2.24, 2.45) is 5.92 Å². The quantitative estimate of drug-likeness (QED) is 0.314. The number of anilines is 1. The van der Waals surface area contributed by atoms with Crippen LogP contribution in [0.15, 0.2) is 88.2 Å². The van der Waals surface area contributed by atoms with E-state index in [4.69, 9.17) is 4.74 Å². The zero-order valence-corrected chi connectivity index (χ0v) is 24.9. The van der Waals surface area contributed by atoms with Crippen LogP contribution >= 0.6 is 15.9 Å². The minimum Gasteiger partial charge on any atom is -0.497 e. The van der Waals surface area contributed by atoms with E-state index in [0.29, 0.717) is 12.3 Å². The molecule has 0 saturated heterocycles. The lowest BCUT2D eigenvalue weighted by Gasteiger charge is -2.32. The number of hydrogen-bond donors (Lipinski definition) is 1. The molecule has 10 heteroatoms. The van der Waals surface area contributed by atoms with Crippen LogP contribution < -0.4 is 14.4 Å². The lowest BCUT2D eigenvalue weighted by atomic mass is 10.1. The minimum atomic E-state index is -4.13. The van der Waals surface area contributed by atoms with Crippen LogP contribution in [0.25, 0.3) is 0 Å². The van der Waals surface area contributed by atoms with Gasteiger partial charge in [-0.2, -0.15) is 0 Å². The molecule has 0 bridgehead atoms. The summed E-state index contributed by atoms with van der Waals surface area (Å²) in [6, 6.07) is 21.0. The summed E-state index contributed by atoms with van der Waals surface area (Å²) in [5.74, 6) is -0.161. The maximum Gasteiger partial charge on any atom is 0.264 e. The molecule has 3 aromatic carbocycles. The Morgan fingerprint density at radius 3 is 2.28 bits per heavy atom. The van der Waals surface area contributed by atoms with Crippen molar-refractivity contribution in [1.29, 1.82) is 0 Å². The number of carbonyl (C=O) groups excluding carboxylic acids is 2. The molecule has 1 N–H and O–H groups in total. The molecule has 0 aromatic heterocycles. The first-order valence-electron chi connectivity index (χ1n) is 12.6. The number of hydrogen-bond acceptors (Lipinski definition) is 5. The van der Waals surface area contributed by atoms with Gasteiger partial charge in [-0.3, -0.25) is 13.9 Å². The fourth-order valence-electron chi connectivity index (χ4n) is 3.88.